The van der Waals surface area contributed by atoms with Gasteiger partial charge in [-0.2, -0.15) is 0 Å². The van der Waals surface area contributed by atoms with Gasteiger partial charge in [0.25, 0.3) is 11.8 Å². The molecule has 126 valence electrons. The quantitative estimate of drug-likeness (QED) is 0.806. The first-order valence-corrected chi connectivity index (χ1v) is 7.70. The number of hydrogen-bond acceptors (Lipinski definition) is 3. The maximum absolute atomic E-state index is 12.2. The average Bonchev–Trinajstić information content (AvgIpc) is 2.52. The molecule has 0 fully saturated rings. The number of amides is 2. The Labute approximate surface area is 141 Å². The molecule has 2 aromatic rings. The summed E-state index contributed by atoms with van der Waals surface area (Å²) >= 11 is 0. The first kappa shape index (κ1) is 17.5. The zero-order valence-electron chi connectivity index (χ0n) is 14.1. The lowest BCUT2D eigenvalue weighted by Crippen LogP contribution is -2.26. The molecule has 5 nitrogen and oxygen atoms in total. The van der Waals surface area contributed by atoms with Crippen molar-refractivity contribution in [3.05, 3.63) is 64.7 Å². The van der Waals surface area contributed by atoms with Gasteiger partial charge in [0, 0.05) is 17.7 Å². The molecule has 2 rings (SSSR count). The topological polar surface area (TPSA) is 92.4 Å². The predicted octanol–water partition coefficient (Wildman–Crippen LogP) is 2.72. The van der Waals surface area contributed by atoms with Crippen molar-refractivity contribution >= 4 is 11.8 Å². The molecular weight excluding hydrogens is 304 g/mol. The van der Waals surface area contributed by atoms with Crippen molar-refractivity contribution in [2.24, 2.45) is 5.73 Å². The van der Waals surface area contributed by atoms with Gasteiger partial charge >= 0.3 is 0 Å². The van der Waals surface area contributed by atoms with E-state index in [2.05, 4.69) is 5.32 Å². The predicted molar refractivity (Wildman–Crippen MR) is 92.9 cm³/mol. The number of rotatable bonds is 4. The van der Waals surface area contributed by atoms with Crippen LogP contribution < -0.4 is 11.1 Å². The summed E-state index contributed by atoms with van der Waals surface area (Å²) < 4.78 is 0. The average molecular weight is 326 g/mol. The molecule has 0 bridgehead atoms. The summed E-state index contributed by atoms with van der Waals surface area (Å²) in [6, 6.07) is 12.1. The number of carbonyl (C=O) groups is 2. The summed E-state index contributed by atoms with van der Waals surface area (Å²) in [6.07, 6.45) is 0. The van der Waals surface area contributed by atoms with Crippen LogP contribution in [-0.2, 0) is 12.0 Å². The third kappa shape index (κ3) is 3.74. The molecule has 0 saturated carbocycles. The van der Waals surface area contributed by atoms with E-state index in [9.17, 15) is 14.7 Å². The van der Waals surface area contributed by atoms with Gasteiger partial charge in [0.05, 0.1) is 5.56 Å². The first-order chi connectivity index (χ1) is 11.2. The van der Waals surface area contributed by atoms with E-state index < -0.39 is 5.91 Å². The molecule has 5 heteroatoms. The Morgan fingerprint density at radius 3 is 2.25 bits per heavy atom. The lowest BCUT2D eigenvalue weighted by atomic mass is 9.82. The van der Waals surface area contributed by atoms with Gasteiger partial charge in [-0.25, -0.2) is 0 Å². The molecule has 0 aliphatic rings. The Morgan fingerprint density at radius 1 is 1.08 bits per heavy atom. The summed E-state index contributed by atoms with van der Waals surface area (Å²) in [5.41, 5.74) is 6.96. The zero-order valence-corrected chi connectivity index (χ0v) is 14.1. The van der Waals surface area contributed by atoms with Crippen LogP contribution in [0.25, 0.3) is 0 Å². The molecule has 24 heavy (non-hydrogen) atoms. The van der Waals surface area contributed by atoms with Gasteiger partial charge in [0.1, 0.15) is 5.75 Å². The molecular formula is C19H22N2O3. The summed E-state index contributed by atoms with van der Waals surface area (Å²) in [4.78, 5) is 23.7. The lowest BCUT2D eigenvalue weighted by Gasteiger charge is -2.24. The van der Waals surface area contributed by atoms with Crippen molar-refractivity contribution in [1.82, 2.24) is 5.32 Å². The zero-order chi connectivity index (χ0) is 17.9. The highest BCUT2D eigenvalue weighted by molar-refractivity contribution is 5.96. The minimum absolute atomic E-state index is 0.0481. The fourth-order valence-corrected chi connectivity index (χ4v) is 2.58. The number of aromatic hydroxyl groups is 1. The van der Waals surface area contributed by atoms with Crippen molar-refractivity contribution in [3.8, 4) is 5.75 Å². The van der Waals surface area contributed by atoms with E-state index >= 15 is 0 Å². The van der Waals surface area contributed by atoms with Gasteiger partial charge in [-0.15, -0.1) is 0 Å². The van der Waals surface area contributed by atoms with E-state index in [1.807, 2.05) is 26.8 Å². The molecule has 0 spiro atoms. The normalized spacial score (nSPS) is 11.1. The number of phenols is 1. The molecule has 0 saturated heterocycles. The first-order valence-electron chi connectivity index (χ1n) is 7.70. The Balaban J connectivity index is 2.35. The van der Waals surface area contributed by atoms with Crippen LogP contribution in [0.1, 0.15) is 52.6 Å². The molecule has 0 aromatic heterocycles. The Bertz CT molecular complexity index is 762. The van der Waals surface area contributed by atoms with Crippen LogP contribution in [0.15, 0.2) is 42.5 Å². The monoisotopic (exact) mass is 326 g/mol. The van der Waals surface area contributed by atoms with Crippen LogP contribution >= 0.6 is 0 Å². The van der Waals surface area contributed by atoms with Crippen molar-refractivity contribution in [3.63, 3.8) is 0 Å². The number of benzene rings is 2. The molecule has 0 radical (unpaired) electrons. The third-order valence-electron chi connectivity index (χ3n) is 3.82. The second-order valence-corrected chi connectivity index (χ2v) is 6.65. The third-order valence-corrected chi connectivity index (χ3v) is 3.82. The van der Waals surface area contributed by atoms with Gasteiger partial charge in [-0.3, -0.25) is 9.59 Å². The molecule has 0 heterocycles. The van der Waals surface area contributed by atoms with Gasteiger partial charge in [0.15, 0.2) is 0 Å². The van der Waals surface area contributed by atoms with E-state index in [0.29, 0.717) is 11.1 Å². The highest BCUT2D eigenvalue weighted by Gasteiger charge is 2.23. The Kier molecular flexibility index (Phi) is 4.93. The standard InChI is InChI=1S/C19H22N2O3/c1-19(2,3)15-10-9-13(17(20)23)16(22)14(15)11-21-18(24)12-7-5-4-6-8-12/h4-10,22H,11H2,1-3H3,(H2,20,23)(H,21,24). The fourth-order valence-electron chi connectivity index (χ4n) is 2.58. The maximum Gasteiger partial charge on any atom is 0.252 e. The smallest absolute Gasteiger partial charge is 0.252 e. The summed E-state index contributed by atoms with van der Waals surface area (Å²) in [6.45, 7) is 6.09. The second kappa shape index (κ2) is 6.74. The summed E-state index contributed by atoms with van der Waals surface area (Å²) in [7, 11) is 0. The molecule has 2 amide bonds. The molecule has 0 unspecified atom stereocenters. The van der Waals surface area contributed by atoms with Crippen LogP contribution in [-0.4, -0.2) is 16.9 Å². The van der Waals surface area contributed by atoms with Crippen LogP contribution in [0.5, 0.6) is 5.75 Å². The van der Waals surface area contributed by atoms with Crippen LogP contribution in [0.3, 0.4) is 0 Å². The van der Waals surface area contributed by atoms with E-state index in [1.165, 1.54) is 6.07 Å². The van der Waals surface area contributed by atoms with Crippen LogP contribution in [0.4, 0.5) is 0 Å². The van der Waals surface area contributed by atoms with Gasteiger partial charge in [-0.05, 0) is 29.2 Å². The summed E-state index contributed by atoms with van der Waals surface area (Å²) in [5.74, 6) is -1.13. The number of nitrogens with one attached hydrogen (secondary N) is 1. The van der Waals surface area contributed by atoms with Crippen molar-refractivity contribution in [2.75, 3.05) is 0 Å². The minimum atomic E-state index is -0.705. The van der Waals surface area contributed by atoms with Crippen LogP contribution in [0, 0.1) is 0 Å². The van der Waals surface area contributed by atoms with Gasteiger partial charge < -0.3 is 16.2 Å². The van der Waals surface area contributed by atoms with Crippen molar-refractivity contribution in [1.29, 1.82) is 0 Å². The molecule has 2 aromatic carbocycles. The van der Waals surface area contributed by atoms with E-state index in [0.717, 1.165) is 5.56 Å². The second-order valence-electron chi connectivity index (χ2n) is 6.65. The van der Waals surface area contributed by atoms with Crippen LogP contribution in [0.2, 0.25) is 0 Å². The van der Waals surface area contributed by atoms with Crippen molar-refractivity contribution in [2.45, 2.75) is 32.7 Å². The minimum Gasteiger partial charge on any atom is -0.507 e. The molecule has 0 aliphatic heterocycles. The number of primary amides is 1. The number of nitrogens with two attached hydrogens (primary N) is 1. The highest BCUT2D eigenvalue weighted by atomic mass is 16.3. The number of hydrogen-bond donors (Lipinski definition) is 3. The SMILES string of the molecule is CC(C)(C)c1ccc(C(N)=O)c(O)c1CNC(=O)c1ccccc1. The summed E-state index contributed by atoms with van der Waals surface area (Å²) in [5, 5.41) is 13.2. The Morgan fingerprint density at radius 2 is 1.71 bits per heavy atom. The van der Waals surface area contributed by atoms with Crippen molar-refractivity contribution < 1.29 is 14.7 Å². The fraction of sp³-hybridized carbons (Fsp3) is 0.263. The maximum atomic E-state index is 12.2. The largest absolute Gasteiger partial charge is 0.507 e. The highest BCUT2D eigenvalue weighted by Crippen LogP contribution is 2.33. The molecule has 0 atom stereocenters. The van der Waals surface area contributed by atoms with E-state index in [4.69, 9.17) is 5.73 Å². The van der Waals surface area contributed by atoms with E-state index in [-0.39, 0.29) is 29.2 Å². The number of carbonyl (C=O) groups excluding carboxylic acids is 2. The van der Waals surface area contributed by atoms with Gasteiger partial charge in [-0.1, -0.05) is 45.0 Å². The molecule has 4 N–H and O–H groups in total. The Hall–Kier alpha value is -2.82. The van der Waals surface area contributed by atoms with Gasteiger partial charge in [0.2, 0.25) is 0 Å². The molecule has 0 aliphatic carbocycles. The lowest BCUT2D eigenvalue weighted by molar-refractivity contribution is 0.0950. The van der Waals surface area contributed by atoms with E-state index in [1.54, 1.807) is 30.3 Å².